The number of urea groups is 1. The average molecular weight is 752 g/mol. The van der Waals surface area contributed by atoms with E-state index in [4.69, 9.17) is 9.47 Å². The highest BCUT2D eigenvalue weighted by atomic mass is 16.6. The Bertz CT molecular complexity index is 1460. The molecule has 5 amide bonds. The number of amides is 5. The van der Waals surface area contributed by atoms with Crippen LogP contribution in [-0.2, 0) is 31.9 Å². The number of aromatic nitrogens is 2. The van der Waals surface area contributed by atoms with Gasteiger partial charge in [0.2, 0.25) is 5.91 Å². The zero-order chi connectivity index (χ0) is 38.5. The first-order valence-electron chi connectivity index (χ1n) is 19.9. The summed E-state index contributed by atoms with van der Waals surface area (Å²) in [4.78, 5) is 69.2. The molecule has 3 fully saturated rings. The summed E-state index contributed by atoms with van der Waals surface area (Å²) in [5.41, 5.74) is 1.40. The molecule has 3 unspecified atom stereocenters. The highest BCUT2D eigenvalue weighted by molar-refractivity contribution is 5.90. The minimum absolute atomic E-state index is 0.0697. The Morgan fingerprint density at radius 1 is 0.944 bits per heavy atom. The number of nitrogens with one attached hydrogen (secondary N) is 2. The number of morpholine rings is 1. The average Bonchev–Trinajstić information content (AvgIpc) is 3.72. The molecule has 0 radical (unpaired) electrons. The van der Waals surface area contributed by atoms with Gasteiger partial charge >= 0.3 is 12.1 Å². The molecule has 298 valence electrons. The number of carbonyl (C=O) groups excluding carboxylic acids is 4. The van der Waals surface area contributed by atoms with Gasteiger partial charge < -0.3 is 44.5 Å². The minimum atomic E-state index is -1.22. The third-order valence-electron chi connectivity index (χ3n) is 11.1. The lowest BCUT2D eigenvalue weighted by Crippen LogP contribution is -2.57. The van der Waals surface area contributed by atoms with Crippen molar-refractivity contribution in [1.82, 2.24) is 34.9 Å². The fourth-order valence-electron chi connectivity index (χ4n) is 7.70. The summed E-state index contributed by atoms with van der Waals surface area (Å²) >= 11 is 0. The van der Waals surface area contributed by atoms with E-state index in [9.17, 15) is 24.3 Å². The molecule has 3 aliphatic rings. The molecule has 54 heavy (non-hydrogen) atoms. The third-order valence-corrected chi connectivity index (χ3v) is 11.1. The standard InChI is InChI=1S/C40H61N7O7/c1-29(2)14-15-35(48)33(24-30-10-6-4-7-11-30)43-37(49)34(26-32-27-41-28-42-32)44(3)38(50)36(25-31-12-8-5-9-13-31)54-40(52)47-18-16-45(17-19-47)39(51)46-20-22-53-23-21-46/h5,8-9,12-13,27-30,33-36,48H,4,6-7,10-11,14-26H2,1-3H3,(H,41,42)(H,43,49)/t33?,34-,35?,36?/m0/s1. The molecule has 2 saturated heterocycles. The summed E-state index contributed by atoms with van der Waals surface area (Å²) in [5, 5.41) is 14.6. The van der Waals surface area contributed by atoms with Crippen molar-refractivity contribution in [3.8, 4) is 0 Å². The van der Waals surface area contributed by atoms with E-state index in [1.54, 1.807) is 23.0 Å². The number of hydrogen-bond acceptors (Lipinski definition) is 8. The maximum Gasteiger partial charge on any atom is 0.410 e. The zero-order valence-electron chi connectivity index (χ0n) is 32.4. The first-order chi connectivity index (χ1) is 26.1. The van der Waals surface area contributed by atoms with Gasteiger partial charge in [-0.2, -0.15) is 0 Å². The van der Waals surface area contributed by atoms with Gasteiger partial charge in [0.25, 0.3) is 5.91 Å². The lowest BCUT2D eigenvalue weighted by Gasteiger charge is -2.38. The highest BCUT2D eigenvalue weighted by Crippen LogP contribution is 2.29. The molecule has 1 aromatic heterocycles. The molecule has 14 heteroatoms. The fraction of sp³-hybridized carbons (Fsp3) is 0.675. The minimum Gasteiger partial charge on any atom is -0.436 e. The van der Waals surface area contributed by atoms with Gasteiger partial charge in [-0.15, -0.1) is 0 Å². The molecule has 2 aliphatic heterocycles. The molecule has 2 aromatic rings. The second-order valence-corrected chi connectivity index (χ2v) is 15.5. The molecule has 1 aliphatic carbocycles. The van der Waals surface area contributed by atoms with Gasteiger partial charge in [-0.1, -0.05) is 76.3 Å². The Hall–Kier alpha value is -4.17. The normalized spacial score (nSPS) is 19.2. The van der Waals surface area contributed by atoms with Crippen molar-refractivity contribution in [2.75, 3.05) is 59.5 Å². The van der Waals surface area contributed by atoms with Crippen LogP contribution in [0.4, 0.5) is 9.59 Å². The molecule has 0 bridgehead atoms. The Balaban J connectivity index is 1.31. The number of aromatic amines is 1. The van der Waals surface area contributed by atoms with Gasteiger partial charge in [0.15, 0.2) is 6.10 Å². The summed E-state index contributed by atoms with van der Waals surface area (Å²) in [6.45, 7) is 7.56. The molecule has 1 saturated carbocycles. The molecule has 3 N–H and O–H groups in total. The number of benzene rings is 1. The second-order valence-electron chi connectivity index (χ2n) is 15.5. The van der Waals surface area contributed by atoms with E-state index in [1.807, 2.05) is 30.3 Å². The van der Waals surface area contributed by atoms with Crippen molar-refractivity contribution < 1.29 is 33.8 Å². The van der Waals surface area contributed by atoms with Crippen LogP contribution in [0.3, 0.4) is 0 Å². The summed E-state index contributed by atoms with van der Waals surface area (Å²) in [7, 11) is 1.56. The van der Waals surface area contributed by atoms with E-state index in [-0.39, 0.29) is 37.9 Å². The van der Waals surface area contributed by atoms with Gasteiger partial charge in [0.1, 0.15) is 6.04 Å². The number of rotatable bonds is 15. The van der Waals surface area contributed by atoms with Crippen LogP contribution < -0.4 is 5.32 Å². The Morgan fingerprint density at radius 2 is 1.61 bits per heavy atom. The molecule has 3 heterocycles. The second kappa shape index (κ2) is 20.5. The summed E-state index contributed by atoms with van der Waals surface area (Å²) in [5.74, 6) is -0.0826. The quantitative estimate of drug-likeness (QED) is 0.248. The zero-order valence-corrected chi connectivity index (χ0v) is 32.4. The summed E-state index contributed by atoms with van der Waals surface area (Å²) in [6, 6.07) is 7.81. The van der Waals surface area contributed by atoms with Crippen LogP contribution >= 0.6 is 0 Å². The van der Waals surface area contributed by atoms with Crippen LogP contribution in [0.1, 0.15) is 76.5 Å². The largest absolute Gasteiger partial charge is 0.436 e. The molecule has 0 spiro atoms. The summed E-state index contributed by atoms with van der Waals surface area (Å²) in [6.07, 6.45) is 8.61. The topological polar surface area (TPSA) is 161 Å². The number of ether oxygens (including phenoxy) is 2. The van der Waals surface area contributed by atoms with Crippen LogP contribution in [0.5, 0.6) is 0 Å². The first kappa shape index (κ1) is 41.0. The molecule has 1 aromatic carbocycles. The Morgan fingerprint density at radius 3 is 2.26 bits per heavy atom. The molecular weight excluding hydrogens is 690 g/mol. The van der Waals surface area contributed by atoms with Crippen molar-refractivity contribution >= 4 is 23.9 Å². The fourth-order valence-corrected chi connectivity index (χ4v) is 7.70. The first-order valence-corrected chi connectivity index (χ1v) is 19.9. The number of likely N-dealkylation sites (N-methyl/N-ethyl adjacent to an activating group) is 1. The van der Waals surface area contributed by atoms with Gasteiger partial charge in [-0.05, 0) is 36.7 Å². The van der Waals surface area contributed by atoms with E-state index < -0.39 is 36.3 Å². The van der Waals surface area contributed by atoms with Gasteiger partial charge in [0, 0.05) is 65.4 Å². The van der Waals surface area contributed by atoms with Crippen molar-refractivity contribution in [1.29, 1.82) is 0 Å². The van der Waals surface area contributed by atoms with E-state index in [2.05, 4.69) is 29.1 Å². The maximum absolute atomic E-state index is 14.5. The molecule has 4 atom stereocenters. The number of piperazine rings is 1. The monoisotopic (exact) mass is 751 g/mol. The van der Waals surface area contributed by atoms with Crippen molar-refractivity contribution in [3.05, 3.63) is 54.1 Å². The Kier molecular flexibility index (Phi) is 15.6. The van der Waals surface area contributed by atoms with E-state index in [0.29, 0.717) is 69.8 Å². The van der Waals surface area contributed by atoms with Crippen molar-refractivity contribution in [2.45, 2.75) is 102 Å². The van der Waals surface area contributed by atoms with Crippen LogP contribution in [0.2, 0.25) is 0 Å². The van der Waals surface area contributed by atoms with Crippen LogP contribution in [0.15, 0.2) is 42.9 Å². The molecular formula is C40H61N7O7. The predicted octanol–water partition coefficient (Wildman–Crippen LogP) is 3.85. The number of imidazole rings is 1. The number of aliphatic hydroxyl groups excluding tert-OH is 1. The molecule has 14 nitrogen and oxygen atoms in total. The van der Waals surface area contributed by atoms with Gasteiger partial charge in [0.05, 0.1) is 37.4 Å². The highest BCUT2D eigenvalue weighted by Gasteiger charge is 2.38. The number of H-pyrrole nitrogens is 1. The van der Waals surface area contributed by atoms with E-state index in [0.717, 1.165) is 37.7 Å². The number of hydrogen-bond donors (Lipinski definition) is 3. The lowest BCUT2D eigenvalue weighted by atomic mass is 9.83. The maximum atomic E-state index is 14.5. The number of aliphatic hydroxyl groups is 1. The van der Waals surface area contributed by atoms with Crippen LogP contribution in [0.25, 0.3) is 0 Å². The number of nitrogens with zero attached hydrogens (tertiary/aromatic N) is 5. The number of carbonyl (C=O) groups is 4. The molecule has 5 rings (SSSR count). The van der Waals surface area contributed by atoms with Crippen LogP contribution in [-0.4, -0.2) is 142 Å². The lowest BCUT2D eigenvalue weighted by molar-refractivity contribution is -0.146. The van der Waals surface area contributed by atoms with Crippen molar-refractivity contribution in [2.24, 2.45) is 11.8 Å². The van der Waals surface area contributed by atoms with Crippen molar-refractivity contribution in [3.63, 3.8) is 0 Å². The van der Waals surface area contributed by atoms with E-state index >= 15 is 0 Å². The Labute approximate surface area is 319 Å². The third kappa shape index (κ3) is 11.9. The smallest absolute Gasteiger partial charge is 0.410 e. The van der Waals surface area contributed by atoms with Gasteiger partial charge in [-0.3, -0.25) is 9.59 Å². The van der Waals surface area contributed by atoms with Crippen LogP contribution in [0, 0.1) is 11.8 Å². The SMILES string of the molecule is CC(C)CCC(O)C(CC1CCCCC1)NC(=O)[C@H](Cc1c[nH]cn1)N(C)C(=O)C(Cc1ccccc1)OC(=O)N1CCN(C(=O)N2CCOCC2)CC1. The van der Waals surface area contributed by atoms with Gasteiger partial charge in [-0.25, -0.2) is 14.6 Å². The predicted molar refractivity (Wildman–Crippen MR) is 203 cm³/mol. The van der Waals surface area contributed by atoms with E-state index in [1.165, 1.54) is 22.5 Å². The summed E-state index contributed by atoms with van der Waals surface area (Å²) < 4.78 is 11.4.